The summed E-state index contributed by atoms with van der Waals surface area (Å²) in [5, 5.41) is 17.9. The largest absolute Gasteiger partial charge is 0.456 e. The van der Waals surface area contributed by atoms with Crippen LogP contribution in [-0.2, 0) is 6.42 Å². The first-order valence-corrected chi connectivity index (χ1v) is 9.93. The summed E-state index contributed by atoms with van der Waals surface area (Å²) < 4.78 is 6.19. The van der Waals surface area contributed by atoms with Crippen LogP contribution in [0.1, 0.15) is 36.2 Å². The van der Waals surface area contributed by atoms with Crippen LogP contribution < -0.4 is 10.1 Å². The molecule has 3 heterocycles. The lowest BCUT2D eigenvalue weighted by Crippen LogP contribution is -2.32. The first-order chi connectivity index (χ1) is 13.9. The molecule has 0 radical (unpaired) electrons. The molecule has 1 fully saturated rings. The van der Waals surface area contributed by atoms with Gasteiger partial charge in [-0.15, -0.1) is 10.2 Å². The predicted molar refractivity (Wildman–Crippen MR) is 107 cm³/mol. The summed E-state index contributed by atoms with van der Waals surface area (Å²) in [6, 6.07) is 16.8. The van der Waals surface area contributed by atoms with E-state index in [1.807, 2.05) is 12.1 Å². The molecule has 2 aliphatic rings. The molecule has 2 aliphatic heterocycles. The van der Waals surface area contributed by atoms with Crippen LogP contribution in [-0.4, -0.2) is 33.7 Å². The van der Waals surface area contributed by atoms with Crippen molar-refractivity contribution in [1.82, 2.24) is 25.9 Å². The number of aryl methyl sites for hydroxylation is 1. The molecule has 6 nitrogen and oxygen atoms in total. The Bertz CT molecular complexity index is 948. The number of tetrazole rings is 1. The first-order valence-electron chi connectivity index (χ1n) is 9.93. The van der Waals surface area contributed by atoms with E-state index in [9.17, 15) is 0 Å². The number of nitrogens with one attached hydrogen (secondary N) is 2. The summed E-state index contributed by atoms with van der Waals surface area (Å²) in [6.45, 7) is 2.03. The Labute approximate surface area is 164 Å². The first kappa shape index (κ1) is 17.1. The second kappa shape index (κ2) is 7.56. The maximum atomic E-state index is 6.19. The van der Waals surface area contributed by atoms with Crippen LogP contribution in [0.15, 0.2) is 54.1 Å². The molecule has 0 amide bonds. The topological polar surface area (TPSA) is 75.7 Å². The van der Waals surface area contributed by atoms with Crippen LogP contribution >= 0.6 is 0 Å². The minimum absolute atomic E-state index is 0.495. The summed E-state index contributed by atoms with van der Waals surface area (Å²) >= 11 is 0. The van der Waals surface area contributed by atoms with Crippen molar-refractivity contribution in [3.8, 4) is 11.5 Å². The smallest absolute Gasteiger partial charge is 0.174 e. The van der Waals surface area contributed by atoms with Gasteiger partial charge in [0.15, 0.2) is 5.82 Å². The number of aromatic nitrogens is 4. The number of hydrogen-bond acceptors (Lipinski definition) is 5. The van der Waals surface area contributed by atoms with Gasteiger partial charge in [-0.2, -0.15) is 5.21 Å². The van der Waals surface area contributed by atoms with E-state index in [1.54, 1.807) is 0 Å². The monoisotopic (exact) mass is 373 g/mol. The van der Waals surface area contributed by atoms with Gasteiger partial charge < -0.3 is 10.1 Å². The summed E-state index contributed by atoms with van der Waals surface area (Å²) in [6.07, 6.45) is 4.06. The number of benzene rings is 2. The van der Waals surface area contributed by atoms with E-state index in [0.29, 0.717) is 5.92 Å². The number of fused-ring (bicyclic) bond motifs is 2. The lowest BCUT2D eigenvalue weighted by molar-refractivity contribution is 0.433. The third-order valence-corrected chi connectivity index (χ3v) is 5.65. The fourth-order valence-corrected chi connectivity index (χ4v) is 4.36. The molecule has 0 spiro atoms. The van der Waals surface area contributed by atoms with E-state index in [1.165, 1.54) is 22.3 Å². The standard InChI is InChI=1S/C22H23N5O/c1-3-9-19-17(7-1)22(18-8-2-4-10-20(18)28-19)16-12-13-23-14-15(16)6-5-11-21-24-26-27-25-21/h1-4,7-10,15,23H,5-6,11-14H2,(H,24,25,26,27). The quantitative estimate of drug-likeness (QED) is 0.570. The average Bonchev–Trinajstić information content (AvgIpc) is 3.26. The van der Waals surface area contributed by atoms with Gasteiger partial charge in [0.25, 0.3) is 0 Å². The number of rotatable bonds is 4. The number of piperidine rings is 1. The Balaban J connectivity index is 1.52. The van der Waals surface area contributed by atoms with Crippen molar-refractivity contribution < 1.29 is 4.74 Å². The van der Waals surface area contributed by atoms with Gasteiger partial charge in [0.05, 0.1) is 0 Å². The van der Waals surface area contributed by atoms with Crippen LogP contribution in [0.4, 0.5) is 0 Å². The van der Waals surface area contributed by atoms with Crippen LogP contribution in [0.25, 0.3) is 5.57 Å². The zero-order valence-electron chi connectivity index (χ0n) is 15.7. The van der Waals surface area contributed by atoms with Crippen molar-refractivity contribution in [3.63, 3.8) is 0 Å². The zero-order valence-corrected chi connectivity index (χ0v) is 15.7. The Kier molecular flexibility index (Phi) is 4.62. The van der Waals surface area contributed by atoms with Gasteiger partial charge in [0, 0.05) is 24.1 Å². The highest BCUT2D eigenvalue weighted by atomic mass is 16.5. The third kappa shape index (κ3) is 3.20. The van der Waals surface area contributed by atoms with Crippen LogP contribution in [0.5, 0.6) is 11.5 Å². The lowest BCUT2D eigenvalue weighted by atomic mass is 9.80. The van der Waals surface area contributed by atoms with Gasteiger partial charge >= 0.3 is 0 Å². The second-order valence-electron chi connectivity index (χ2n) is 7.37. The van der Waals surface area contributed by atoms with Gasteiger partial charge in [0.2, 0.25) is 0 Å². The van der Waals surface area contributed by atoms with E-state index < -0.39 is 0 Å². The summed E-state index contributed by atoms with van der Waals surface area (Å²) in [5.74, 6) is 3.19. The molecule has 0 bridgehead atoms. The molecule has 1 unspecified atom stereocenters. The van der Waals surface area contributed by atoms with Gasteiger partial charge in [-0.3, -0.25) is 0 Å². The second-order valence-corrected chi connectivity index (χ2v) is 7.37. The fraction of sp³-hybridized carbons (Fsp3) is 0.318. The number of aromatic amines is 1. The molecule has 3 aromatic rings. The van der Waals surface area contributed by atoms with Gasteiger partial charge in [-0.25, -0.2) is 0 Å². The molecule has 5 rings (SSSR count). The van der Waals surface area contributed by atoms with E-state index in [0.717, 1.165) is 56.1 Å². The number of nitrogens with zero attached hydrogens (tertiary/aromatic N) is 3. The Morgan fingerprint density at radius 1 is 1.00 bits per heavy atom. The van der Waals surface area contributed by atoms with E-state index >= 15 is 0 Å². The zero-order chi connectivity index (χ0) is 18.8. The Hall–Kier alpha value is -2.99. The number of para-hydroxylation sites is 2. The number of H-pyrrole nitrogens is 1. The minimum Gasteiger partial charge on any atom is -0.456 e. The number of ether oxygens (including phenoxy) is 1. The SMILES string of the molecule is c1ccc2c(c1)Oc1ccccc1C2=C1CCNCC1CCCc1nn[nH]n1. The van der Waals surface area contributed by atoms with Gasteiger partial charge in [-0.1, -0.05) is 47.2 Å². The van der Waals surface area contributed by atoms with E-state index in [2.05, 4.69) is 62.3 Å². The average molecular weight is 373 g/mol. The van der Waals surface area contributed by atoms with Crippen molar-refractivity contribution in [2.24, 2.45) is 5.92 Å². The normalized spacial score (nSPS) is 18.4. The summed E-state index contributed by atoms with van der Waals surface area (Å²) in [5.41, 5.74) is 5.32. The molecule has 1 saturated heterocycles. The molecular formula is C22H23N5O. The highest BCUT2D eigenvalue weighted by Crippen LogP contribution is 2.47. The number of hydrogen-bond donors (Lipinski definition) is 2. The van der Waals surface area contributed by atoms with E-state index in [-0.39, 0.29) is 0 Å². The third-order valence-electron chi connectivity index (χ3n) is 5.65. The molecule has 6 heteroatoms. The molecule has 1 atom stereocenters. The predicted octanol–water partition coefficient (Wildman–Crippen LogP) is 3.74. The maximum absolute atomic E-state index is 6.19. The molecule has 0 aliphatic carbocycles. The van der Waals surface area contributed by atoms with Crippen LogP contribution in [0, 0.1) is 5.92 Å². The van der Waals surface area contributed by atoms with Gasteiger partial charge in [0.1, 0.15) is 11.5 Å². The molecule has 2 N–H and O–H groups in total. The highest BCUT2D eigenvalue weighted by Gasteiger charge is 2.28. The minimum atomic E-state index is 0.495. The molecular weight excluding hydrogens is 350 g/mol. The van der Waals surface area contributed by atoms with Gasteiger partial charge in [-0.05, 0) is 49.4 Å². The van der Waals surface area contributed by atoms with Crippen molar-refractivity contribution in [2.45, 2.75) is 25.7 Å². The van der Waals surface area contributed by atoms with Crippen LogP contribution in [0.2, 0.25) is 0 Å². The Morgan fingerprint density at radius 2 is 1.75 bits per heavy atom. The summed E-state index contributed by atoms with van der Waals surface area (Å²) in [4.78, 5) is 0. The molecule has 1 aromatic heterocycles. The molecule has 2 aromatic carbocycles. The maximum Gasteiger partial charge on any atom is 0.174 e. The molecule has 28 heavy (non-hydrogen) atoms. The van der Waals surface area contributed by atoms with Crippen molar-refractivity contribution in [1.29, 1.82) is 0 Å². The summed E-state index contributed by atoms with van der Waals surface area (Å²) in [7, 11) is 0. The van der Waals surface area contributed by atoms with Crippen molar-refractivity contribution in [2.75, 3.05) is 13.1 Å². The van der Waals surface area contributed by atoms with Crippen LogP contribution in [0.3, 0.4) is 0 Å². The molecule has 142 valence electrons. The van der Waals surface area contributed by atoms with Crippen molar-refractivity contribution in [3.05, 3.63) is 71.1 Å². The fourth-order valence-electron chi connectivity index (χ4n) is 4.36. The van der Waals surface area contributed by atoms with E-state index in [4.69, 9.17) is 4.74 Å². The molecule has 0 saturated carbocycles. The Morgan fingerprint density at radius 3 is 2.46 bits per heavy atom. The lowest BCUT2D eigenvalue weighted by Gasteiger charge is -2.32. The van der Waals surface area contributed by atoms with Crippen molar-refractivity contribution >= 4 is 5.57 Å². The highest BCUT2D eigenvalue weighted by molar-refractivity contribution is 5.90.